The predicted octanol–water partition coefficient (Wildman–Crippen LogP) is 1.86. The summed E-state index contributed by atoms with van der Waals surface area (Å²) in [6.45, 7) is 0. The molecule has 0 aliphatic carbocycles. The van der Waals surface area contributed by atoms with Crippen molar-refractivity contribution in [3.8, 4) is 0 Å². The molecule has 0 spiro atoms. The van der Waals surface area contributed by atoms with E-state index in [0.717, 1.165) is 5.39 Å². The van der Waals surface area contributed by atoms with Crippen molar-refractivity contribution >= 4 is 16.9 Å². The second-order valence-corrected chi connectivity index (χ2v) is 2.70. The minimum atomic E-state index is -0.743. The van der Waals surface area contributed by atoms with Crippen LogP contribution in [0.1, 0.15) is 10.5 Å². The average Bonchev–Trinajstić information content (AvgIpc) is 2.45. The Kier molecular flexibility index (Phi) is 5.72. The molecule has 0 atom stereocenters. The van der Waals surface area contributed by atoms with Crippen molar-refractivity contribution in [1.29, 1.82) is 0 Å². The van der Waals surface area contributed by atoms with E-state index in [2.05, 4.69) is 12.0 Å². The molecule has 15 heavy (non-hydrogen) atoms. The number of nitrogens with zero attached hydrogens (tertiary/aromatic N) is 2. The maximum atomic E-state index is 10.8. The van der Waals surface area contributed by atoms with Crippen LogP contribution in [0.3, 0.4) is 0 Å². The topological polar surface area (TPSA) is 58.7 Å². The number of hydrogen-bond donors (Lipinski definition) is 0. The molecule has 2 heterocycles. The van der Waals surface area contributed by atoms with E-state index in [-0.39, 0.29) is 59.5 Å². The molecular weight excluding hydrogens is 439 g/mol. The fourth-order valence-electron chi connectivity index (χ4n) is 1.28. The van der Waals surface area contributed by atoms with Gasteiger partial charge in [0.05, 0.1) is 0 Å². The smallest absolute Gasteiger partial charge is 0.0384 e. The Balaban J connectivity index is 0.000000980. The molecular formula is C9H7N3OWY-2. The van der Waals surface area contributed by atoms with Gasteiger partial charge in [0.15, 0.2) is 0 Å². The summed E-state index contributed by atoms with van der Waals surface area (Å²) in [7, 11) is 3.64. The van der Waals surface area contributed by atoms with Gasteiger partial charge in [0.25, 0.3) is 0 Å². The van der Waals surface area contributed by atoms with Crippen molar-refractivity contribution in [3.05, 3.63) is 42.9 Å². The van der Waals surface area contributed by atoms with Crippen molar-refractivity contribution in [1.82, 2.24) is 9.55 Å². The Morgan fingerprint density at radius 3 is 2.73 bits per heavy atom. The average molecular weight is 446 g/mol. The molecule has 0 unspecified atom stereocenters. The summed E-state index contributed by atoms with van der Waals surface area (Å²) < 4.78 is 1.38. The van der Waals surface area contributed by atoms with E-state index in [4.69, 9.17) is 5.73 Å². The SMILES string of the molecule is [CH2-]n1c(C([NH-])=O)cc2cccnc21.[W].[Y]. The zero-order valence-corrected chi connectivity index (χ0v) is 13.6. The second kappa shape index (κ2) is 5.78. The van der Waals surface area contributed by atoms with Crippen LogP contribution in [0.2, 0.25) is 0 Å². The summed E-state index contributed by atoms with van der Waals surface area (Å²) in [4.78, 5) is 14.9. The first-order chi connectivity index (χ1) is 6.20. The van der Waals surface area contributed by atoms with E-state index in [0.29, 0.717) is 5.65 Å². The zero-order chi connectivity index (χ0) is 9.42. The molecule has 0 aromatic carbocycles. The normalized spacial score (nSPS) is 9.07. The molecule has 4 nitrogen and oxygen atoms in total. The number of hydrogen-bond acceptors (Lipinski definition) is 2. The van der Waals surface area contributed by atoms with Crippen LogP contribution in [0.4, 0.5) is 0 Å². The number of rotatable bonds is 1. The molecule has 0 bridgehead atoms. The van der Waals surface area contributed by atoms with Gasteiger partial charge >= 0.3 is 0 Å². The number of nitrogens with one attached hydrogen (secondary N) is 1. The molecule has 0 fully saturated rings. The van der Waals surface area contributed by atoms with Gasteiger partial charge in [-0.1, -0.05) is 12.1 Å². The Bertz CT molecular complexity index is 483. The summed E-state index contributed by atoms with van der Waals surface area (Å²) in [5, 5.41) is 0.827. The first kappa shape index (κ1) is 14.8. The fourth-order valence-corrected chi connectivity index (χ4v) is 1.28. The van der Waals surface area contributed by atoms with Crippen LogP contribution in [0.15, 0.2) is 24.4 Å². The number of carbonyl (C=O) groups is 1. The van der Waals surface area contributed by atoms with E-state index in [1.165, 1.54) is 4.57 Å². The largest absolute Gasteiger partial charge is 0.674 e. The van der Waals surface area contributed by atoms with Gasteiger partial charge < -0.3 is 20.1 Å². The van der Waals surface area contributed by atoms with E-state index >= 15 is 0 Å². The monoisotopic (exact) mass is 446 g/mol. The third-order valence-corrected chi connectivity index (χ3v) is 1.89. The third kappa shape index (κ3) is 2.69. The van der Waals surface area contributed by atoms with E-state index < -0.39 is 5.91 Å². The molecule has 0 aliphatic rings. The standard InChI is InChI=1S/C9H8N3O.W.Y/c1-12-7(8(10)13)5-6-3-2-4-11-9(6)12;;/h2-5H,1H2,(H2,10,13);;/q-1;;/p-1. The Morgan fingerprint density at radius 2 is 2.20 bits per heavy atom. The minimum absolute atomic E-state index is 0. The van der Waals surface area contributed by atoms with Crippen molar-refractivity contribution in [3.63, 3.8) is 0 Å². The summed E-state index contributed by atoms with van der Waals surface area (Å²) >= 11 is 0. The van der Waals surface area contributed by atoms with Gasteiger partial charge in [0, 0.05) is 71.5 Å². The van der Waals surface area contributed by atoms with Gasteiger partial charge in [-0.2, -0.15) is 0 Å². The van der Waals surface area contributed by atoms with Crippen molar-refractivity contribution in [2.75, 3.05) is 0 Å². The van der Waals surface area contributed by atoms with Gasteiger partial charge in [0.2, 0.25) is 0 Å². The molecule has 0 saturated carbocycles. The molecule has 1 amide bonds. The predicted molar refractivity (Wildman–Crippen MR) is 49.1 cm³/mol. The van der Waals surface area contributed by atoms with Gasteiger partial charge in [-0.3, -0.25) is 0 Å². The van der Waals surface area contributed by atoms with Crippen LogP contribution in [0.25, 0.3) is 16.8 Å². The molecule has 2 aromatic heterocycles. The van der Waals surface area contributed by atoms with Gasteiger partial charge in [-0.15, -0.1) is 7.05 Å². The van der Waals surface area contributed by atoms with E-state index in [9.17, 15) is 4.79 Å². The molecule has 1 radical (unpaired) electrons. The number of carbonyl (C=O) groups excluding carboxylic acids is 1. The molecule has 2 aromatic rings. The molecule has 1 N–H and O–H groups in total. The van der Waals surface area contributed by atoms with Crippen molar-refractivity contribution in [2.45, 2.75) is 0 Å². The third-order valence-electron chi connectivity index (χ3n) is 1.89. The summed E-state index contributed by atoms with van der Waals surface area (Å²) in [5.74, 6) is -0.743. The molecule has 6 heteroatoms. The van der Waals surface area contributed by atoms with Gasteiger partial charge in [0.1, 0.15) is 0 Å². The van der Waals surface area contributed by atoms with E-state index in [1.807, 2.05) is 6.07 Å². The van der Waals surface area contributed by atoms with Crippen LogP contribution in [0, 0.1) is 7.05 Å². The van der Waals surface area contributed by atoms with Gasteiger partial charge in [-0.25, -0.2) is 0 Å². The van der Waals surface area contributed by atoms with Crippen LogP contribution in [-0.2, 0) is 53.8 Å². The van der Waals surface area contributed by atoms with Crippen LogP contribution >= 0.6 is 0 Å². The minimum Gasteiger partial charge on any atom is -0.674 e. The maximum absolute atomic E-state index is 10.8. The number of amides is 1. The molecule has 75 valence electrons. The first-order valence-corrected chi connectivity index (χ1v) is 3.73. The summed E-state index contributed by atoms with van der Waals surface area (Å²) in [5.41, 5.74) is 7.85. The van der Waals surface area contributed by atoms with Crippen LogP contribution in [0.5, 0.6) is 0 Å². The molecule has 0 aliphatic heterocycles. The van der Waals surface area contributed by atoms with Gasteiger partial charge in [-0.05, 0) is 17.1 Å². The quantitative estimate of drug-likeness (QED) is 0.629. The Hall–Kier alpha value is -0.178. The van der Waals surface area contributed by atoms with Crippen LogP contribution in [-0.4, -0.2) is 15.5 Å². The maximum Gasteiger partial charge on any atom is 0.0384 e. The summed E-state index contributed by atoms with van der Waals surface area (Å²) in [6, 6.07) is 5.22. The van der Waals surface area contributed by atoms with Crippen LogP contribution < -0.4 is 0 Å². The van der Waals surface area contributed by atoms with Crippen molar-refractivity contribution < 1.29 is 58.6 Å². The Morgan fingerprint density at radius 1 is 1.53 bits per heavy atom. The second-order valence-electron chi connectivity index (χ2n) is 2.70. The van der Waals surface area contributed by atoms with Crippen molar-refractivity contribution in [2.24, 2.45) is 0 Å². The summed E-state index contributed by atoms with van der Waals surface area (Å²) in [6.07, 6.45) is 1.63. The fraction of sp³-hybridized carbons (Fsp3) is 0. The Labute approximate surface area is 127 Å². The first-order valence-electron chi connectivity index (χ1n) is 3.73. The van der Waals surface area contributed by atoms with E-state index in [1.54, 1.807) is 18.3 Å². The zero-order valence-electron chi connectivity index (χ0n) is 7.80. The number of fused-ring (bicyclic) bond motifs is 1. The number of aromatic nitrogens is 2. The molecule has 0 saturated heterocycles. The molecule has 2 rings (SSSR count). The number of pyridine rings is 1.